The van der Waals surface area contributed by atoms with Gasteiger partial charge in [0, 0.05) is 18.1 Å². The molecule has 0 unspecified atom stereocenters. The van der Waals surface area contributed by atoms with Crippen molar-refractivity contribution in [1.82, 2.24) is 4.90 Å². The highest BCUT2D eigenvalue weighted by Gasteiger charge is 2.31. The molecule has 0 aliphatic rings. The van der Waals surface area contributed by atoms with Crippen LogP contribution in [-0.2, 0) is 12.7 Å². The normalized spacial score (nSPS) is 13.4. The Labute approximate surface area is 113 Å². The van der Waals surface area contributed by atoms with Gasteiger partial charge in [-0.2, -0.15) is 13.2 Å². The third-order valence-electron chi connectivity index (χ3n) is 3.09. The molecule has 0 aliphatic heterocycles. The highest BCUT2D eigenvalue weighted by molar-refractivity contribution is 5.25. The van der Waals surface area contributed by atoms with Crippen LogP contribution in [-0.4, -0.2) is 16.5 Å². The molecule has 19 heavy (non-hydrogen) atoms. The SMILES string of the molecule is CC(C)N(Cc1cccc(C(F)(F)F)c1)C(C)(C)C. The van der Waals surface area contributed by atoms with Gasteiger partial charge in [-0.05, 0) is 46.2 Å². The van der Waals surface area contributed by atoms with Gasteiger partial charge >= 0.3 is 6.18 Å². The topological polar surface area (TPSA) is 3.24 Å². The van der Waals surface area contributed by atoms with Crippen LogP contribution in [0.15, 0.2) is 24.3 Å². The van der Waals surface area contributed by atoms with Crippen LogP contribution in [0.3, 0.4) is 0 Å². The number of alkyl halides is 3. The average molecular weight is 273 g/mol. The number of hydrogen-bond donors (Lipinski definition) is 0. The van der Waals surface area contributed by atoms with E-state index in [0.29, 0.717) is 12.1 Å². The van der Waals surface area contributed by atoms with E-state index in [4.69, 9.17) is 0 Å². The van der Waals surface area contributed by atoms with Crippen molar-refractivity contribution in [3.05, 3.63) is 35.4 Å². The van der Waals surface area contributed by atoms with Crippen molar-refractivity contribution in [3.63, 3.8) is 0 Å². The summed E-state index contributed by atoms with van der Waals surface area (Å²) in [4.78, 5) is 2.18. The standard InChI is InChI=1S/C15H22F3N/c1-11(2)19(14(3,4)5)10-12-7-6-8-13(9-12)15(16,17)18/h6-9,11H,10H2,1-5H3. The summed E-state index contributed by atoms with van der Waals surface area (Å²) >= 11 is 0. The van der Waals surface area contributed by atoms with Crippen LogP contribution in [0.5, 0.6) is 0 Å². The third-order valence-corrected chi connectivity index (χ3v) is 3.09. The van der Waals surface area contributed by atoms with Crippen molar-refractivity contribution in [2.75, 3.05) is 0 Å². The molecule has 108 valence electrons. The molecule has 0 N–H and O–H groups in total. The maximum absolute atomic E-state index is 12.7. The predicted octanol–water partition coefficient (Wildman–Crippen LogP) is 4.71. The summed E-state index contributed by atoms with van der Waals surface area (Å²) in [5.41, 5.74) is 0.0311. The lowest BCUT2D eigenvalue weighted by molar-refractivity contribution is -0.137. The van der Waals surface area contributed by atoms with Gasteiger partial charge in [0.25, 0.3) is 0 Å². The molecule has 1 rings (SSSR count). The van der Waals surface area contributed by atoms with Gasteiger partial charge < -0.3 is 0 Å². The molecule has 0 spiro atoms. The van der Waals surface area contributed by atoms with Gasteiger partial charge in [-0.3, -0.25) is 4.90 Å². The number of nitrogens with zero attached hydrogens (tertiary/aromatic N) is 1. The average Bonchev–Trinajstić information content (AvgIpc) is 2.23. The molecule has 1 nitrogen and oxygen atoms in total. The van der Waals surface area contributed by atoms with Crippen molar-refractivity contribution in [3.8, 4) is 0 Å². The van der Waals surface area contributed by atoms with E-state index in [0.717, 1.165) is 6.07 Å². The van der Waals surface area contributed by atoms with E-state index in [9.17, 15) is 13.2 Å². The van der Waals surface area contributed by atoms with E-state index in [1.165, 1.54) is 12.1 Å². The van der Waals surface area contributed by atoms with Crippen molar-refractivity contribution in [2.45, 2.75) is 58.9 Å². The van der Waals surface area contributed by atoms with E-state index >= 15 is 0 Å². The number of hydrogen-bond acceptors (Lipinski definition) is 1. The van der Waals surface area contributed by atoms with E-state index in [2.05, 4.69) is 39.5 Å². The molecule has 0 saturated carbocycles. The maximum atomic E-state index is 12.7. The summed E-state index contributed by atoms with van der Waals surface area (Å²) in [5, 5.41) is 0. The second-order valence-electron chi connectivity index (χ2n) is 6.09. The fraction of sp³-hybridized carbons (Fsp3) is 0.600. The highest BCUT2D eigenvalue weighted by Crippen LogP contribution is 2.30. The van der Waals surface area contributed by atoms with Crippen LogP contribution in [0.2, 0.25) is 0 Å². The van der Waals surface area contributed by atoms with Crippen molar-refractivity contribution < 1.29 is 13.2 Å². The first-order valence-electron chi connectivity index (χ1n) is 6.44. The molecule has 0 aliphatic carbocycles. The van der Waals surface area contributed by atoms with E-state index in [-0.39, 0.29) is 11.6 Å². The minimum absolute atomic E-state index is 0.0809. The number of rotatable bonds is 3. The fourth-order valence-corrected chi connectivity index (χ4v) is 2.24. The molecule has 1 aromatic carbocycles. The zero-order valence-electron chi connectivity index (χ0n) is 12.2. The van der Waals surface area contributed by atoms with Crippen molar-refractivity contribution in [1.29, 1.82) is 0 Å². The van der Waals surface area contributed by atoms with Gasteiger partial charge in [0.2, 0.25) is 0 Å². The Kier molecular flexibility index (Phi) is 4.67. The van der Waals surface area contributed by atoms with Gasteiger partial charge in [0.1, 0.15) is 0 Å². The van der Waals surface area contributed by atoms with Gasteiger partial charge in [0.05, 0.1) is 5.56 Å². The summed E-state index contributed by atoms with van der Waals surface area (Å²) in [6.45, 7) is 10.8. The molecule has 1 aromatic rings. The van der Waals surface area contributed by atoms with Crippen LogP contribution in [0.4, 0.5) is 13.2 Å². The second-order valence-corrected chi connectivity index (χ2v) is 6.09. The van der Waals surface area contributed by atoms with Gasteiger partial charge in [-0.15, -0.1) is 0 Å². The first-order chi connectivity index (χ1) is 8.51. The highest BCUT2D eigenvalue weighted by atomic mass is 19.4. The van der Waals surface area contributed by atoms with E-state index < -0.39 is 11.7 Å². The van der Waals surface area contributed by atoms with Crippen LogP contribution in [0, 0.1) is 0 Å². The molecule has 0 saturated heterocycles. The number of halogens is 3. The first-order valence-corrected chi connectivity index (χ1v) is 6.44. The van der Waals surface area contributed by atoms with Crippen LogP contribution in [0.1, 0.15) is 45.7 Å². The lowest BCUT2D eigenvalue weighted by atomic mass is 10.0. The van der Waals surface area contributed by atoms with Gasteiger partial charge in [-0.25, -0.2) is 0 Å². The Balaban J connectivity index is 2.99. The largest absolute Gasteiger partial charge is 0.416 e. The quantitative estimate of drug-likeness (QED) is 0.770. The summed E-state index contributed by atoms with van der Waals surface area (Å²) in [7, 11) is 0. The molecule has 0 aromatic heterocycles. The summed E-state index contributed by atoms with van der Waals surface area (Å²) < 4.78 is 38.1. The summed E-state index contributed by atoms with van der Waals surface area (Å²) in [6.07, 6.45) is -4.28. The van der Waals surface area contributed by atoms with Crippen LogP contribution in [0.25, 0.3) is 0 Å². The Morgan fingerprint density at radius 2 is 1.68 bits per heavy atom. The molecule has 0 fully saturated rings. The Bertz CT molecular complexity index is 416. The second kappa shape index (κ2) is 5.53. The molecular formula is C15H22F3N. The smallest absolute Gasteiger partial charge is 0.292 e. The van der Waals surface area contributed by atoms with Crippen LogP contribution >= 0.6 is 0 Å². The molecular weight excluding hydrogens is 251 g/mol. The zero-order valence-corrected chi connectivity index (χ0v) is 12.2. The monoisotopic (exact) mass is 273 g/mol. The van der Waals surface area contributed by atoms with Gasteiger partial charge in [-0.1, -0.05) is 18.2 Å². The molecule has 0 atom stereocenters. The summed E-state index contributed by atoms with van der Waals surface area (Å²) in [5.74, 6) is 0. The maximum Gasteiger partial charge on any atom is 0.416 e. The number of benzene rings is 1. The van der Waals surface area contributed by atoms with Gasteiger partial charge in [0.15, 0.2) is 0 Å². The Morgan fingerprint density at radius 1 is 1.11 bits per heavy atom. The van der Waals surface area contributed by atoms with E-state index in [1.807, 2.05) is 0 Å². The molecule has 0 radical (unpaired) electrons. The van der Waals surface area contributed by atoms with Crippen molar-refractivity contribution >= 4 is 0 Å². The van der Waals surface area contributed by atoms with Crippen molar-refractivity contribution in [2.24, 2.45) is 0 Å². The Hall–Kier alpha value is -1.03. The molecule has 4 heteroatoms. The Morgan fingerprint density at radius 3 is 2.11 bits per heavy atom. The molecule has 0 amide bonds. The minimum atomic E-state index is -4.28. The third kappa shape index (κ3) is 4.53. The molecule has 0 bridgehead atoms. The van der Waals surface area contributed by atoms with Crippen LogP contribution < -0.4 is 0 Å². The predicted molar refractivity (Wildman–Crippen MR) is 71.9 cm³/mol. The fourth-order valence-electron chi connectivity index (χ4n) is 2.24. The zero-order chi connectivity index (χ0) is 14.8. The first kappa shape index (κ1) is 16.0. The molecule has 0 heterocycles. The lowest BCUT2D eigenvalue weighted by Crippen LogP contribution is -2.45. The minimum Gasteiger partial charge on any atom is -0.292 e. The van der Waals surface area contributed by atoms with E-state index in [1.54, 1.807) is 6.07 Å². The lowest BCUT2D eigenvalue weighted by Gasteiger charge is -2.39. The summed E-state index contributed by atoms with van der Waals surface area (Å²) in [6, 6.07) is 5.84.